The summed E-state index contributed by atoms with van der Waals surface area (Å²) in [6.07, 6.45) is 2.65. The highest BCUT2D eigenvalue weighted by Gasteiger charge is 2.34. The van der Waals surface area contributed by atoms with Crippen molar-refractivity contribution in [3.8, 4) is 0 Å². The number of carbonyl (C=O) groups excluding carboxylic acids is 1. The lowest BCUT2D eigenvalue weighted by atomic mass is 9.81. The predicted molar refractivity (Wildman–Crippen MR) is 102 cm³/mol. The fraction of sp³-hybridized carbons (Fsp3) is 0.632. The molecular formula is C19H30ClN3O. The lowest BCUT2D eigenvalue weighted by Crippen LogP contribution is -2.46. The first kappa shape index (κ1) is 19.1. The highest BCUT2D eigenvalue weighted by atomic mass is 35.5. The molecule has 1 saturated heterocycles. The summed E-state index contributed by atoms with van der Waals surface area (Å²) in [5.41, 5.74) is 7.89. The molecule has 134 valence electrons. The Morgan fingerprint density at radius 1 is 1.42 bits per heavy atom. The molecule has 1 aromatic carbocycles. The van der Waals surface area contributed by atoms with Gasteiger partial charge in [0, 0.05) is 36.9 Å². The van der Waals surface area contributed by atoms with Gasteiger partial charge in [0.25, 0.3) is 0 Å². The summed E-state index contributed by atoms with van der Waals surface area (Å²) in [5.74, 6) is 0.573. The number of hydrogen-bond acceptors (Lipinski definition) is 3. The molecule has 1 unspecified atom stereocenters. The number of hydrogen-bond donors (Lipinski definition) is 2. The normalized spacial score (nSPS) is 18.0. The molecule has 0 radical (unpaired) electrons. The highest BCUT2D eigenvalue weighted by molar-refractivity contribution is 6.30. The van der Waals surface area contributed by atoms with E-state index >= 15 is 0 Å². The third kappa shape index (κ3) is 4.04. The number of amides is 1. The Labute approximate surface area is 150 Å². The number of anilines is 1. The van der Waals surface area contributed by atoms with E-state index in [1.54, 1.807) is 0 Å². The standard InChI is InChI=1S/C19H30ClN3O/c1-4-19(5-2,13-21)18(24)22-11-15-8-9-23(12-15)17-10-16(20)7-6-14(17)3/h6-7,10,15H,4-5,8-9,11-13,21H2,1-3H3,(H,22,24). The maximum Gasteiger partial charge on any atom is 0.227 e. The second-order valence-electron chi connectivity index (χ2n) is 6.93. The van der Waals surface area contributed by atoms with Gasteiger partial charge in [0.15, 0.2) is 0 Å². The average molecular weight is 352 g/mol. The summed E-state index contributed by atoms with van der Waals surface area (Å²) in [4.78, 5) is 14.9. The molecule has 1 aliphatic heterocycles. The van der Waals surface area contributed by atoms with Crippen LogP contribution in [0.2, 0.25) is 5.02 Å². The van der Waals surface area contributed by atoms with Crippen LogP contribution in [0.1, 0.15) is 38.7 Å². The number of nitrogens with one attached hydrogen (secondary N) is 1. The average Bonchev–Trinajstić information content (AvgIpc) is 3.06. The van der Waals surface area contributed by atoms with Crippen molar-refractivity contribution < 1.29 is 4.79 Å². The molecule has 0 aromatic heterocycles. The first-order chi connectivity index (χ1) is 11.5. The van der Waals surface area contributed by atoms with Crippen LogP contribution in [0.3, 0.4) is 0 Å². The summed E-state index contributed by atoms with van der Waals surface area (Å²) in [5, 5.41) is 3.91. The molecule has 0 saturated carbocycles. The summed E-state index contributed by atoms with van der Waals surface area (Å²) < 4.78 is 0. The fourth-order valence-corrected chi connectivity index (χ4v) is 3.68. The minimum atomic E-state index is -0.415. The molecule has 2 rings (SSSR count). The van der Waals surface area contributed by atoms with Crippen LogP contribution in [0.25, 0.3) is 0 Å². The van der Waals surface area contributed by atoms with Gasteiger partial charge in [-0.15, -0.1) is 0 Å². The van der Waals surface area contributed by atoms with Crippen molar-refractivity contribution in [1.82, 2.24) is 5.32 Å². The summed E-state index contributed by atoms with van der Waals surface area (Å²) >= 11 is 6.14. The number of rotatable bonds is 7. The van der Waals surface area contributed by atoms with Crippen LogP contribution in [-0.4, -0.2) is 32.1 Å². The fourth-order valence-electron chi connectivity index (χ4n) is 3.52. The van der Waals surface area contributed by atoms with Crippen LogP contribution in [0.5, 0.6) is 0 Å². The van der Waals surface area contributed by atoms with E-state index in [2.05, 4.69) is 23.2 Å². The molecule has 0 aliphatic carbocycles. The van der Waals surface area contributed by atoms with Crippen molar-refractivity contribution in [2.24, 2.45) is 17.1 Å². The molecule has 0 bridgehead atoms. The van der Waals surface area contributed by atoms with Crippen LogP contribution in [0, 0.1) is 18.3 Å². The first-order valence-corrected chi connectivity index (χ1v) is 9.33. The zero-order valence-electron chi connectivity index (χ0n) is 15.1. The molecule has 1 fully saturated rings. The lowest BCUT2D eigenvalue weighted by molar-refractivity contribution is -0.131. The second-order valence-corrected chi connectivity index (χ2v) is 7.37. The Hall–Kier alpha value is -1.26. The highest BCUT2D eigenvalue weighted by Crippen LogP contribution is 2.30. The third-order valence-corrected chi connectivity index (χ3v) is 5.81. The van der Waals surface area contributed by atoms with E-state index in [4.69, 9.17) is 17.3 Å². The van der Waals surface area contributed by atoms with Gasteiger partial charge in [-0.05, 0) is 49.8 Å². The molecule has 1 aliphatic rings. The number of carbonyl (C=O) groups is 1. The molecule has 1 atom stereocenters. The van der Waals surface area contributed by atoms with Crippen LogP contribution in [0.15, 0.2) is 18.2 Å². The van der Waals surface area contributed by atoms with E-state index in [0.29, 0.717) is 12.5 Å². The molecule has 24 heavy (non-hydrogen) atoms. The number of nitrogens with two attached hydrogens (primary N) is 1. The van der Waals surface area contributed by atoms with Crippen molar-refractivity contribution in [2.45, 2.75) is 40.0 Å². The van der Waals surface area contributed by atoms with Crippen LogP contribution < -0.4 is 16.0 Å². The third-order valence-electron chi connectivity index (χ3n) is 5.57. The van der Waals surface area contributed by atoms with Crippen molar-refractivity contribution in [2.75, 3.05) is 31.1 Å². The Kier molecular flexibility index (Phi) is 6.53. The van der Waals surface area contributed by atoms with Gasteiger partial charge in [0.1, 0.15) is 0 Å². The van der Waals surface area contributed by atoms with Gasteiger partial charge in [0.05, 0.1) is 5.41 Å². The monoisotopic (exact) mass is 351 g/mol. The molecule has 5 heteroatoms. The Morgan fingerprint density at radius 2 is 2.12 bits per heavy atom. The van der Waals surface area contributed by atoms with Crippen LogP contribution in [0.4, 0.5) is 5.69 Å². The Balaban J connectivity index is 1.92. The minimum absolute atomic E-state index is 0.104. The zero-order valence-corrected chi connectivity index (χ0v) is 15.8. The van der Waals surface area contributed by atoms with Gasteiger partial charge in [0.2, 0.25) is 5.91 Å². The van der Waals surface area contributed by atoms with Crippen molar-refractivity contribution in [1.29, 1.82) is 0 Å². The molecule has 1 heterocycles. The number of benzene rings is 1. The Morgan fingerprint density at radius 3 is 2.75 bits per heavy atom. The van der Waals surface area contributed by atoms with Gasteiger partial charge in [-0.2, -0.15) is 0 Å². The van der Waals surface area contributed by atoms with Crippen LogP contribution in [-0.2, 0) is 4.79 Å². The largest absolute Gasteiger partial charge is 0.371 e. The number of nitrogens with zero attached hydrogens (tertiary/aromatic N) is 1. The van der Waals surface area contributed by atoms with E-state index in [1.807, 2.05) is 26.0 Å². The van der Waals surface area contributed by atoms with Crippen molar-refractivity contribution in [3.63, 3.8) is 0 Å². The molecule has 0 spiro atoms. The van der Waals surface area contributed by atoms with Gasteiger partial charge >= 0.3 is 0 Å². The smallest absolute Gasteiger partial charge is 0.227 e. The molecular weight excluding hydrogens is 322 g/mol. The van der Waals surface area contributed by atoms with Gasteiger partial charge in [-0.1, -0.05) is 31.5 Å². The van der Waals surface area contributed by atoms with Gasteiger partial charge in [-0.3, -0.25) is 4.79 Å². The van der Waals surface area contributed by atoms with E-state index in [-0.39, 0.29) is 5.91 Å². The quantitative estimate of drug-likeness (QED) is 0.792. The topological polar surface area (TPSA) is 58.4 Å². The molecule has 1 aromatic rings. The van der Waals surface area contributed by atoms with Gasteiger partial charge in [-0.25, -0.2) is 0 Å². The van der Waals surface area contributed by atoms with E-state index in [1.165, 1.54) is 11.3 Å². The predicted octanol–water partition coefficient (Wildman–Crippen LogP) is 3.36. The van der Waals surface area contributed by atoms with Gasteiger partial charge < -0.3 is 16.0 Å². The Bertz CT molecular complexity index is 563. The van der Waals surface area contributed by atoms with E-state index in [0.717, 1.165) is 43.9 Å². The summed E-state index contributed by atoms with van der Waals surface area (Å²) in [6.45, 7) is 9.27. The first-order valence-electron chi connectivity index (χ1n) is 8.95. The van der Waals surface area contributed by atoms with Crippen LogP contribution >= 0.6 is 11.6 Å². The second kappa shape index (κ2) is 8.21. The maximum absolute atomic E-state index is 12.5. The van der Waals surface area contributed by atoms with E-state index < -0.39 is 5.41 Å². The maximum atomic E-state index is 12.5. The SMILES string of the molecule is CCC(CC)(CN)C(=O)NCC1CCN(c2cc(Cl)ccc2C)C1. The number of halogens is 1. The number of aryl methyl sites for hydroxylation is 1. The molecule has 1 amide bonds. The zero-order chi connectivity index (χ0) is 17.7. The lowest BCUT2D eigenvalue weighted by Gasteiger charge is -2.29. The molecule has 4 nitrogen and oxygen atoms in total. The minimum Gasteiger partial charge on any atom is -0.371 e. The summed E-state index contributed by atoms with van der Waals surface area (Å²) in [6, 6.07) is 6.02. The molecule has 3 N–H and O–H groups in total. The van der Waals surface area contributed by atoms with Crippen molar-refractivity contribution in [3.05, 3.63) is 28.8 Å². The summed E-state index contributed by atoms with van der Waals surface area (Å²) in [7, 11) is 0. The van der Waals surface area contributed by atoms with Crippen molar-refractivity contribution >= 4 is 23.2 Å². The van der Waals surface area contributed by atoms with E-state index in [9.17, 15) is 4.79 Å².